The van der Waals surface area contributed by atoms with E-state index in [1.54, 1.807) is 4.68 Å². The molecule has 3 nitrogen and oxygen atoms in total. The molecule has 1 N–H and O–H groups in total. The number of nitrogens with one attached hydrogen (secondary N) is 1. The Balaban J connectivity index is 2.16. The number of aromatic nitrogens is 2. The molecule has 106 valence electrons. The second-order valence-electron chi connectivity index (χ2n) is 5.46. The second-order valence-corrected chi connectivity index (χ2v) is 5.46. The molecule has 3 aromatic rings. The minimum atomic E-state index is -0.00430. The lowest BCUT2D eigenvalue weighted by molar-refractivity contribution is 0.850. The van der Waals surface area contributed by atoms with Gasteiger partial charge in [0.05, 0.1) is 11.4 Å². The van der Waals surface area contributed by atoms with Gasteiger partial charge in [0.25, 0.3) is 5.56 Å². The Labute approximate surface area is 123 Å². The van der Waals surface area contributed by atoms with Gasteiger partial charge < -0.3 is 0 Å². The molecule has 3 heteroatoms. The summed E-state index contributed by atoms with van der Waals surface area (Å²) in [5.41, 5.74) is 5.86. The van der Waals surface area contributed by atoms with Crippen LogP contribution in [0.4, 0.5) is 0 Å². The van der Waals surface area contributed by atoms with Crippen molar-refractivity contribution in [3.8, 4) is 16.9 Å². The second kappa shape index (κ2) is 5.09. The molecule has 0 atom stereocenters. The summed E-state index contributed by atoms with van der Waals surface area (Å²) in [7, 11) is 0. The van der Waals surface area contributed by atoms with E-state index in [1.807, 2.05) is 63.2 Å². The van der Waals surface area contributed by atoms with E-state index in [2.05, 4.69) is 11.2 Å². The molecule has 0 aliphatic carbocycles. The molecule has 0 fully saturated rings. The first-order chi connectivity index (χ1) is 10.1. The van der Waals surface area contributed by atoms with Gasteiger partial charge in [-0.3, -0.25) is 9.89 Å². The highest BCUT2D eigenvalue weighted by molar-refractivity contribution is 5.63. The Morgan fingerprint density at radius 3 is 2.29 bits per heavy atom. The number of hydrogen-bond acceptors (Lipinski definition) is 1. The minimum absolute atomic E-state index is 0.00430. The molecule has 0 saturated carbocycles. The van der Waals surface area contributed by atoms with Gasteiger partial charge in [-0.25, -0.2) is 4.68 Å². The van der Waals surface area contributed by atoms with Gasteiger partial charge in [0.2, 0.25) is 0 Å². The Kier molecular flexibility index (Phi) is 3.26. The highest BCUT2D eigenvalue weighted by atomic mass is 16.1. The number of aryl methyl sites for hydroxylation is 2. The van der Waals surface area contributed by atoms with Gasteiger partial charge in [0, 0.05) is 11.1 Å². The van der Waals surface area contributed by atoms with E-state index in [1.165, 1.54) is 11.1 Å². The van der Waals surface area contributed by atoms with E-state index < -0.39 is 0 Å². The maximum atomic E-state index is 12.5. The predicted molar refractivity (Wildman–Crippen MR) is 86.0 cm³/mol. The van der Waals surface area contributed by atoms with Crippen LogP contribution >= 0.6 is 0 Å². The van der Waals surface area contributed by atoms with Crippen molar-refractivity contribution in [3.05, 3.63) is 75.6 Å². The predicted octanol–water partition coefficient (Wildman–Crippen LogP) is 3.76. The monoisotopic (exact) mass is 278 g/mol. The normalized spacial score (nSPS) is 10.8. The van der Waals surface area contributed by atoms with Crippen LogP contribution in [0.2, 0.25) is 0 Å². The van der Waals surface area contributed by atoms with Crippen LogP contribution in [0, 0.1) is 20.8 Å². The molecule has 1 aromatic heterocycles. The SMILES string of the molecule is Cc1ccc(-n2[nH]c(-c3cccc(C)c3)c(C)c2=O)cc1. The largest absolute Gasteiger partial charge is 0.290 e. The molecule has 0 saturated heterocycles. The first kappa shape index (κ1) is 13.4. The summed E-state index contributed by atoms with van der Waals surface area (Å²) >= 11 is 0. The molecule has 1 heterocycles. The van der Waals surface area contributed by atoms with Crippen LogP contribution in [0.15, 0.2) is 53.3 Å². The number of benzene rings is 2. The molecule has 0 radical (unpaired) electrons. The molecule has 21 heavy (non-hydrogen) atoms. The van der Waals surface area contributed by atoms with Crippen molar-refractivity contribution in [1.29, 1.82) is 0 Å². The van der Waals surface area contributed by atoms with Gasteiger partial charge in [0.15, 0.2) is 0 Å². The van der Waals surface area contributed by atoms with Crippen LogP contribution in [0.1, 0.15) is 16.7 Å². The Hall–Kier alpha value is -2.55. The van der Waals surface area contributed by atoms with Crippen LogP contribution < -0.4 is 5.56 Å². The molecular formula is C18H18N2O. The fourth-order valence-corrected chi connectivity index (χ4v) is 2.48. The van der Waals surface area contributed by atoms with E-state index >= 15 is 0 Å². The third kappa shape index (κ3) is 2.42. The smallest absolute Gasteiger partial charge is 0.274 e. The number of nitrogens with zero attached hydrogens (tertiary/aromatic N) is 1. The number of rotatable bonds is 2. The van der Waals surface area contributed by atoms with Crippen LogP contribution in [-0.2, 0) is 0 Å². The summed E-state index contributed by atoms with van der Waals surface area (Å²) < 4.78 is 1.60. The van der Waals surface area contributed by atoms with Gasteiger partial charge in [-0.2, -0.15) is 0 Å². The molecule has 0 spiro atoms. The van der Waals surface area contributed by atoms with Crippen LogP contribution in [-0.4, -0.2) is 9.78 Å². The highest BCUT2D eigenvalue weighted by Crippen LogP contribution is 2.21. The summed E-state index contributed by atoms with van der Waals surface area (Å²) in [6, 6.07) is 16.1. The zero-order valence-electron chi connectivity index (χ0n) is 12.5. The topological polar surface area (TPSA) is 37.8 Å². The minimum Gasteiger partial charge on any atom is -0.290 e. The van der Waals surface area contributed by atoms with Crippen molar-refractivity contribution in [2.24, 2.45) is 0 Å². The van der Waals surface area contributed by atoms with E-state index in [0.29, 0.717) is 0 Å². The Bertz CT molecular complexity index is 838. The third-order valence-corrected chi connectivity index (χ3v) is 3.72. The lowest BCUT2D eigenvalue weighted by Gasteiger charge is -2.03. The molecule has 0 aliphatic rings. The lowest BCUT2D eigenvalue weighted by Crippen LogP contribution is -2.15. The summed E-state index contributed by atoms with van der Waals surface area (Å²) in [5.74, 6) is 0. The maximum absolute atomic E-state index is 12.5. The zero-order valence-corrected chi connectivity index (χ0v) is 12.5. The first-order valence-corrected chi connectivity index (χ1v) is 7.02. The van der Waals surface area contributed by atoms with Gasteiger partial charge in [0.1, 0.15) is 0 Å². The zero-order chi connectivity index (χ0) is 15.0. The summed E-state index contributed by atoms with van der Waals surface area (Å²) in [6.45, 7) is 5.94. The van der Waals surface area contributed by atoms with E-state index in [-0.39, 0.29) is 5.56 Å². The van der Waals surface area contributed by atoms with Crippen molar-refractivity contribution < 1.29 is 0 Å². The first-order valence-electron chi connectivity index (χ1n) is 7.02. The molecular weight excluding hydrogens is 260 g/mol. The fourth-order valence-electron chi connectivity index (χ4n) is 2.48. The average molecular weight is 278 g/mol. The number of aromatic amines is 1. The summed E-state index contributed by atoms with van der Waals surface area (Å²) in [6.07, 6.45) is 0. The molecule has 0 bridgehead atoms. The van der Waals surface area contributed by atoms with Crippen molar-refractivity contribution in [3.63, 3.8) is 0 Å². The number of hydrogen-bond donors (Lipinski definition) is 1. The van der Waals surface area contributed by atoms with E-state index in [9.17, 15) is 4.79 Å². The van der Waals surface area contributed by atoms with Gasteiger partial charge >= 0.3 is 0 Å². The van der Waals surface area contributed by atoms with Crippen molar-refractivity contribution in [2.75, 3.05) is 0 Å². The molecule has 3 rings (SSSR count). The summed E-state index contributed by atoms with van der Waals surface area (Å²) in [5, 5.41) is 3.23. The third-order valence-electron chi connectivity index (χ3n) is 3.72. The van der Waals surface area contributed by atoms with Gasteiger partial charge in [-0.15, -0.1) is 0 Å². The Morgan fingerprint density at radius 1 is 0.905 bits per heavy atom. The van der Waals surface area contributed by atoms with Crippen molar-refractivity contribution in [1.82, 2.24) is 9.78 Å². The maximum Gasteiger partial charge on any atom is 0.274 e. The van der Waals surface area contributed by atoms with E-state index in [4.69, 9.17) is 0 Å². The lowest BCUT2D eigenvalue weighted by atomic mass is 10.1. The molecule has 0 aliphatic heterocycles. The molecule has 2 aromatic carbocycles. The number of H-pyrrole nitrogens is 1. The molecule has 0 unspecified atom stereocenters. The Morgan fingerprint density at radius 2 is 1.62 bits per heavy atom. The quantitative estimate of drug-likeness (QED) is 0.761. The van der Waals surface area contributed by atoms with Gasteiger partial charge in [-0.1, -0.05) is 41.5 Å². The van der Waals surface area contributed by atoms with Crippen molar-refractivity contribution in [2.45, 2.75) is 20.8 Å². The van der Waals surface area contributed by atoms with Crippen molar-refractivity contribution >= 4 is 0 Å². The fraction of sp³-hybridized carbons (Fsp3) is 0.167. The standard InChI is InChI=1S/C18H18N2O/c1-12-7-9-16(10-8-12)20-18(21)14(3)17(19-20)15-6-4-5-13(2)11-15/h4-11,19H,1-3H3. The van der Waals surface area contributed by atoms with Gasteiger partial charge in [-0.05, 0) is 39.0 Å². The molecule has 0 amide bonds. The average Bonchev–Trinajstić information content (AvgIpc) is 2.77. The van der Waals surface area contributed by atoms with Crippen LogP contribution in [0.3, 0.4) is 0 Å². The van der Waals surface area contributed by atoms with E-state index in [0.717, 1.165) is 22.5 Å². The van der Waals surface area contributed by atoms with Crippen LogP contribution in [0.25, 0.3) is 16.9 Å². The van der Waals surface area contributed by atoms with Crippen LogP contribution in [0.5, 0.6) is 0 Å². The highest BCUT2D eigenvalue weighted by Gasteiger charge is 2.12. The summed E-state index contributed by atoms with van der Waals surface area (Å²) in [4.78, 5) is 12.5.